The van der Waals surface area contributed by atoms with E-state index in [0.717, 1.165) is 30.8 Å². The standard InChI is InChI=1S/C24H42O3Si/c1-9-11-13-15-23(27-28(7,8)24(3,4)5)22(14-12-10-2)26-21-18-16-20(25-6)17-19-21/h10,16-19,22-23H,2,9,11-15H2,1,3-8H3/t22-,23+/m0/s1. The lowest BCUT2D eigenvalue weighted by Gasteiger charge is -2.41. The third-order valence-electron chi connectivity index (χ3n) is 5.76. The summed E-state index contributed by atoms with van der Waals surface area (Å²) < 4.78 is 18.6. The number of hydrogen-bond acceptors (Lipinski definition) is 3. The van der Waals surface area contributed by atoms with Gasteiger partial charge in [0.15, 0.2) is 8.32 Å². The zero-order valence-corrected chi connectivity index (χ0v) is 20.2. The van der Waals surface area contributed by atoms with E-state index in [9.17, 15) is 0 Å². The number of ether oxygens (including phenoxy) is 2. The second-order valence-corrected chi connectivity index (χ2v) is 13.9. The van der Waals surface area contributed by atoms with Gasteiger partial charge >= 0.3 is 0 Å². The fraction of sp³-hybridized carbons (Fsp3) is 0.667. The normalized spacial score (nSPS) is 14.4. The molecule has 1 aromatic rings. The zero-order valence-electron chi connectivity index (χ0n) is 19.2. The molecule has 0 heterocycles. The zero-order chi connectivity index (χ0) is 21.2. The second-order valence-electron chi connectivity index (χ2n) is 9.11. The van der Waals surface area contributed by atoms with Gasteiger partial charge in [-0.05, 0) is 61.7 Å². The van der Waals surface area contributed by atoms with Gasteiger partial charge in [-0.25, -0.2) is 0 Å². The summed E-state index contributed by atoms with van der Waals surface area (Å²) in [6.45, 7) is 17.7. The van der Waals surface area contributed by atoms with Crippen molar-refractivity contribution >= 4 is 8.32 Å². The minimum atomic E-state index is -1.89. The Morgan fingerprint density at radius 3 is 2.11 bits per heavy atom. The van der Waals surface area contributed by atoms with Crippen LogP contribution in [0.2, 0.25) is 18.1 Å². The van der Waals surface area contributed by atoms with Crippen molar-refractivity contribution in [1.29, 1.82) is 0 Å². The van der Waals surface area contributed by atoms with Crippen LogP contribution in [0.4, 0.5) is 0 Å². The van der Waals surface area contributed by atoms with E-state index < -0.39 is 8.32 Å². The van der Waals surface area contributed by atoms with Crippen LogP contribution in [0, 0.1) is 0 Å². The Labute approximate surface area is 174 Å². The van der Waals surface area contributed by atoms with E-state index in [1.54, 1.807) is 7.11 Å². The van der Waals surface area contributed by atoms with Crippen molar-refractivity contribution < 1.29 is 13.9 Å². The number of allylic oxidation sites excluding steroid dienone is 1. The Bertz CT molecular complexity index is 560. The summed E-state index contributed by atoms with van der Waals surface area (Å²) in [6, 6.07) is 7.85. The molecule has 4 heteroatoms. The Morgan fingerprint density at radius 2 is 1.61 bits per heavy atom. The Hall–Kier alpha value is -1.26. The van der Waals surface area contributed by atoms with Gasteiger partial charge in [-0.15, -0.1) is 6.58 Å². The highest BCUT2D eigenvalue weighted by Crippen LogP contribution is 2.39. The summed E-state index contributed by atoms with van der Waals surface area (Å²) in [6.07, 6.45) is 8.60. The van der Waals surface area contributed by atoms with E-state index in [1.807, 2.05) is 30.3 Å². The Kier molecular flexibility index (Phi) is 10.3. The van der Waals surface area contributed by atoms with Crippen molar-refractivity contribution in [3.63, 3.8) is 0 Å². The quantitative estimate of drug-likeness (QED) is 0.194. The molecule has 0 radical (unpaired) electrons. The minimum absolute atomic E-state index is 0.0253. The van der Waals surface area contributed by atoms with E-state index in [2.05, 4.69) is 47.4 Å². The summed E-state index contributed by atoms with van der Waals surface area (Å²) in [4.78, 5) is 0. The maximum atomic E-state index is 6.88. The van der Waals surface area contributed by atoms with E-state index >= 15 is 0 Å². The largest absolute Gasteiger partial charge is 0.497 e. The molecule has 160 valence electrons. The lowest BCUT2D eigenvalue weighted by Crippen LogP contribution is -2.48. The van der Waals surface area contributed by atoms with Crippen molar-refractivity contribution in [2.24, 2.45) is 0 Å². The monoisotopic (exact) mass is 406 g/mol. The fourth-order valence-corrected chi connectivity index (χ4v) is 4.28. The maximum absolute atomic E-state index is 6.88. The molecule has 3 nitrogen and oxygen atoms in total. The van der Waals surface area contributed by atoms with E-state index in [4.69, 9.17) is 13.9 Å². The van der Waals surface area contributed by atoms with Crippen LogP contribution in [-0.4, -0.2) is 27.6 Å². The van der Waals surface area contributed by atoms with Crippen molar-refractivity contribution in [3.8, 4) is 11.5 Å². The number of hydrogen-bond donors (Lipinski definition) is 0. The highest BCUT2D eigenvalue weighted by Gasteiger charge is 2.41. The second kappa shape index (κ2) is 11.7. The molecule has 2 atom stereocenters. The molecule has 1 rings (SSSR count). The molecule has 0 aliphatic rings. The van der Waals surface area contributed by atoms with E-state index in [-0.39, 0.29) is 17.2 Å². The summed E-state index contributed by atoms with van der Waals surface area (Å²) in [5.74, 6) is 1.71. The van der Waals surface area contributed by atoms with Gasteiger partial charge in [0, 0.05) is 0 Å². The SMILES string of the molecule is C=CCC[C@H](Oc1ccc(OC)cc1)[C@@H](CCCCC)O[Si](C)(C)C(C)(C)C. The van der Waals surface area contributed by atoms with Crippen LogP contribution in [0.15, 0.2) is 36.9 Å². The van der Waals surface area contributed by atoms with Gasteiger partial charge in [-0.3, -0.25) is 0 Å². The van der Waals surface area contributed by atoms with Gasteiger partial charge in [0.25, 0.3) is 0 Å². The topological polar surface area (TPSA) is 27.7 Å². The van der Waals surface area contributed by atoms with E-state index in [1.165, 1.54) is 19.3 Å². The predicted molar refractivity (Wildman–Crippen MR) is 123 cm³/mol. The first-order valence-corrected chi connectivity index (χ1v) is 13.6. The van der Waals surface area contributed by atoms with Crippen LogP contribution in [0.3, 0.4) is 0 Å². The highest BCUT2D eigenvalue weighted by molar-refractivity contribution is 6.74. The average Bonchev–Trinajstić information content (AvgIpc) is 2.64. The Morgan fingerprint density at radius 1 is 1.00 bits per heavy atom. The molecular formula is C24H42O3Si. The van der Waals surface area contributed by atoms with Crippen molar-refractivity contribution in [3.05, 3.63) is 36.9 Å². The molecule has 0 N–H and O–H groups in total. The van der Waals surface area contributed by atoms with Crippen LogP contribution < -0.4 is 9.47 Å². The number of rotatable bonds is 13. The maximum Gasteiger partial charge on any atom is 0.192 e. The van der Waals surface area contributed by atoms with Crippen molar-refractivity contribution in [2.75, 3.05) is 7.11 Å². The summed E-state index contributed by atoms with van der Waals surface area (Å²) >= 11 is 0. The first kappa shape index (κ1) is 24.8. The van der Waals surface area contributed by atoms with Gasteiger partial charge in [0.2, 0.25) is 0 Å². The molecule has 0 spiro atoms. The molecule has 0 unspecified atom stereocenters. The molecule has 0 saturated carbocycles. The Balaban J connectivity index is 3.04. The fourth-order valence-electron chi connectivity index (χ4n) is 2.90. The lowest BCUT2D eigenvalue weighted by molar-refractivity contribution is 0.0329. The smallest absolute Gasteiger partial charge is 0.192 e. The van der Waals surface area contributed by atoms with E-state index in [0.29, 0.717) is 0 Å². The predicted octanol–water partition coefficient (Wildman–Crippen LogP) is 7.38. The third-order valence-corrected chi connectivity index (χ3v) is 10.3. The summed E-state index contributed by atoms with van der Waals surface area (Å²) in [7, 11) is -0.208. The molecule has 1 aromatic carbocycles. The molecule has 28 heavy (non-hydrogen) atoms. The lowest BCUT2D eigenvalue weighted by atomic mass is 10.0. The number of benzene rings is 1. The summed E-state index contributed by atoms with van der Waals surface area (Å²) in [5.41, 5.74) is 0. The summed E-state index contributed by atoms with van der Waals surface area (Å²) in [5, 5.41) is 0.180. The minimum Gasteiger partial charge on any atom is -0.497 e. The van der Waals surface area contributed by atoms with Crippen LogP contribution in [0.1, 0.15) is 66.2 Å². The van der Waals surface area contributed by atoms with Gasteiger partial charge in [0.05, 0.1) is 13.2 Å². The van der Waals surface area contributed by atoms with Crippen LogP contribution >= 0.6 is 0 Å². The number of methoxy groups -OCH3 is 1. The van der Waals surface area contributed by atoms with Crippen LogP contribution in [-0.2, 0) is 4.43 Å². The van der Waals surface area contributed by atoms with Gasteiger partial charge in [-0.2, -0.15) is 0 Å². The van der Waals surface area contributed by atoms with Crippen molar-refractivity contribution in [2.45, 2.75) is 96.6 Å². The molecule has 0 aliphatic heterocycles. The highest BCUT2D eigenvalue weighted by atomic mass is 28.4. The van der Waals surface area contributed by atoms with Gasteiger partial charge < -0.3 is 13.9 Å². The molecule has 0 bridgehead atoms. The van der Waals surface area contributed by atoms with Crippen LogP contribution in [0.5, 0.6) is 11.5 Å². The molecule has 0 fully saturated rings. The number of unbranched alkanes of at least 4 members (excludes halogenated alkanes) is 2. The first-order chi connectivity index (χ1) is 13.1. The van der Waals surface area contributed by atoms with Crippen molar-refractivity contribution in [1.82, 2.24) is 0 Å². The molecule has 0 saturated heterocycles. The first-order valence-electron chi connectivity index (χ1n) is 10.7. The molecule has 0 aromatic heterocycles. The molecule has 0 aliphatic carbocycles. The average molecular weight is 407 g/mol. The van der Waals surface area contributed by atoms with Gasteiger partial charge in [-0.1, -0.05) is 53.0 Å². The third kappa shape index (κ3) is 8.00. The van der Waals surface area contributed by atoms with Crippen LogP contribution in [0.25, 0.3) is 0 Å². The van der Waals surface area contributed by atoms with Gasteiger partial charge in [0.1, 0.15) is 17.6 Å². The molecular weight excluding hydrogens is 364 g/mol. The molecule has 0 amide bonds.